The summed E-state index contributed by atoms with van der Waals surface area (Å²) in [6, 6.07) is 17.6. The van der Waals surface area contributed by atoms with Gasteiger partial charge in [0, 0.05) is 31.8 Å². The van der Waals surface area contributed by atoms with Crippen LogP contribution in [0, 0.1) is 0 Å². The van der Waals surface area contributed by atoms with Crippen molar-refractivity contribution in [2.45, 2.75) is 12.3 Å². The average molecular weight is 463 g/mol. The van der Waals surface area contributed by atoms with Crippen molar-refractivity contribution >= 4 is 16.9 Å². The van der Waals surface area contributed by atoms with Crippen LogP contribution < -0.4 is 4.74 Å². The van der Waals surface area contributed by atoms with Crippen LogP contribution in [0.5, 0.6) is 11.5 Å². The maximum atomic E-state index is 12.5. The first-order valence-corrected chi connectivity index (χ1v) is 10.6. The lowest BCUT2D eigenvalue weighted by molar-refractivity contribution is -0.126. The standard InChI is InChI=1S/C18H14N4O.C7H9F2NO/c1-22-18-16(11-19-12-20-18)17(21-22)13-7-9-15(10-8-13)23-14-5-3-2-4-6-14;1-2-6(11)10-4-3-7(8,9)5-10/h2-12H,1H3;2H,1,3-5H2. The van der Waals surface area contributed by atoms with E-state index in [0.29, 0.717) is 0 Å². The average Bonchev–Trinajstić information content (AvgIpc) is 3.39. The van der Waals surface area contributed by atoms with Crippen molar-refractivity contribution in [3.8, 4) is 22.8 Å². The molecule has 0 bridgehead atoms. The van der Waals surface area contributed by atoms with E-state index in [1.165, 1.54) is 6.33 Å². The van der Waals surface area contributed by atoms with E-state index in [2.05, 4.69) is 21.6 Å². The monoisotopic (exact) mass is 463 g/mol. The molecular formula is C25H23F2N5O2. The Bertz CT molecular complexity index is 1290. The van der Waals surface area contributed by atoms with Gasteiger partial charge in [0.15, 0.2) is 5.65 Å². The van der Waals surface area contributed by atoms with E-state index in [4.69, 9.17) is 4.74 Å². The lowest BCUT2D eigenvalue weighted by Crippen LogP contribution is -2.29. The first-order valence-electron chi connectivity index (χ1n) is 10.6. The molecular weight excluding hydrogens is 440 g/mol. The molecule has 0 N–H and O–H groups in total. The van der Waals surface area contributed by atoms with Crippen molar-refractivity contribution in [2.24, 2.45) is 7.05 Å². The number of rotatable bonds is 4. The van der Waals surface area contributed by atoms with Crippen LogP contribution in [-0.4, -0.2) is 49.6 Å². The number of amides is 1. The minimum Gasteiger partial charge on any atom is -0.457 e. The molecule has 0 spiro atoms. The fourth-order valence-corrected chi connectivity index (χ4v) is 3.57. The van der Waals surface area contributed by atoms with Gasteiger partial charge < -0.3 is 9.64 Å². The van der Waals surface area contributed by atoms with Crippen LogP contribution in [0.2, 0.25) is 0 Å². The van der Waals surface area contributed by atoms with Gasteiger partial charge in [-0.25, -0.2) is 23.4 Å². The molecule has 4 aromatic rings. The largest absolute Gasteiger partial charge is 0.457 e. The zero-order valence-corrected chi connectivity index (χ0v) is 18.6. The molecule has 34 heavy (non-hydrogen) atoms. The molecule has 3 heterocycles. The Labute approximate surface area is 195 Å². The van der Waals surface area contributed by atoms with Gasteiger partial charge >= 0.3 is 0 Å². The number of carbonyl (C=O) groups is 1. The number of benzene rings is 2. The van der Waals surface area contributed by atoms with Gasteiger partial charge in [0.1, 0.15) is 23.5 Å². The number of hydrogen-bond acceptors (Lipinski definition) is 5. The molecule has 0 atom stereocenters. The fourth-order valence-electron chi connectivity index (χ4n) is 3.57. The van der Waals surface area contributed by atoms with Crippen LogP contribution in [0.3, 0.4) is 0 Å². The molecule has 1 aliphatic heterocycles. The number of aryl methyl sites for hydroxylation is 1. The topological polar surface area (TPSA) is 73.1 Å². The SMILES string of the molecule is C=CC(=O)N1CCC(F)(F)C1.Cn1nc(-c2ccc(Oc3ccccc3)cc2)c2cncnc21. The predicted octanol–water partition coefficient (Wildman–Crippen LogP) is 4.86. The van der Waals surface area contributed by atoms with Crippen molar-refractivity contribution in [1.29, 1.82) is 0 Å². The van der Waals surface area contributed by atoms with Gasteiger partial charge in [-0.15, -0.1) is 0 Å². The smallest absolute Gasteiger partial charge is 0.267 e. The summed E-state index contributed by atoms with van der Waals surface area (Å²) in [5.41, 5.74) is 2.69. The Kier molecular flexibility index (Phi) is 6.62. The number of likely N-dealkylation sites (tertiary alicyclic amines) is 1. The number of carbonyl (C=O) groups excluding carboxylic acids is 1. The van der Waals surface area contributed by atoms with Gasteiger partial charge in [0.25, 0.3) is 5.92 Å². The van der Waals surface area contributed by atoms with Gasteiger partial charge in [-0.3, -0.25) is 4.79 Å². The van der Waals surface area contributed by atoms with E-state index in [-0.39, 0.29) is 13.0 Å². The number of aromatic nitrogens is 4. The Morgan fingerprint density at radius 2 is 1.82 bits per heavy atom. The molecule has 0 unspecified atom stereocenters. The van der Waals surface area contributed by atoms with Crippen LogP contribution in [-0.2, 0) is 11.8 Å². The second-order valence-corrected chi connectivity index (χ2v) is 7.74. The van der Waals surface area contributed by atoms with E-state index in [1.54, 1.807) is 10.9 Å². The third kappa shape index (κ3) is 5.25. The number of ether oxygens (including phenoxy) is 1. The Morgan fingerprint density at radius 1 is 1.12 bits per heavy atom. The van der Waals surface area contributed by atoms with E-state index in [1.807, 2.05) is 61.6 Å². The summed E-state index contributed by atoms with van der Waals surface area (Å²) in [7, 11) is 1.88. The lowest BCUT2D eigenvalue weighted by Gasteiger charge is -2.12. The number of hydrogen-bond donors (Lipinski definition) is 0. The van der Waals surface area contributed by atoms with E-state index in [0.717, 1.165) is 44.8 Å². The molecule has 1 aliphatic rings. The number of nitrogens with zero attached hydrogens (tertiary/aromatic N) is 5. The molecule has 1 amide bonds. The van der Waals surface area contributed by atoms with Gasteiger partial charge in [-0.1, -0.05) is 24.8 Å². The number of halogens is 2. The maximum Gasteiger partial charge on any atom is 0.267 e. The zero-order valence-electron chi connectivity index (χ0n) is 18.6. The molecule has 1 fully saturated rings. The summed E-state index contributed by atoms with van der Waals surface area (Å²) in [5, 5.41) is 5.48. The molecule has 7 nitrogen and oxygen atoms in total. The van der Waals surface area contributed by atoms with Gasteiger partial charge in [0.2, 0.25) is 5.91 Å². The van der Waals surface area contributed by atoms with Crippen LogP contribution in [0.4, 0.5) is 8.78 Å². The molecule has 2 aromatic carbocycles. The minimum absolute atomic E-state index is 0.137. The molecule has 5 rings (SSSR count). The highest BCUT2D eigenvalue weighted by molar-refractivity contribution is 5.90. The second kappa shape index (κ2) is 9.78. The van der Waals surface area contributed by atoms with E-state index in [9.17, 15) is 13.6 Å². The molecule has 0 radical (unpaired) electrons. The molecule has 9 heteroatoms. The van der Waals surface area contributed by atoms with Crippen LogP contribution >= 0.6 is 0 Å². The highest BCUT2D eigenvalue weighted by Crippen LogP contribution is 2.29. The van der Waals surface area contributed by atoms with Gasteiger partial charge in [-0.2, -0.15) is 5.10 Å². The summed E-state index contributed by atoms with van der Waals surface area (Å²) in [4.78, 5) is 20.2. The highest BCUT2D eigenvalue weighted by Gasteiger charge is 2.39. The van der Waals surface area contributed by atoms with Crippen LogP contribution in [0.25, 0.3) is 22.3 Å². The first-order chi connectivity index (χ1) is 16.4. The van der Waals surface area contributed by atoms with E-state index >= 15 is 0 Å². The Balaban J connectivity index is 0.000000210. The van der Waals surface area contributed by atoms with Gasteiger partial charge in [0.05, 0.1) is 11.9 Å². The van der Waals surface area contributed by atoms with Crippen molar-refractivity contribution in [2.75, 3.05) is 13.1 Å². The summed E-state index contributed by atoms with van der Waals surface area (Å²) >= 11 is 0. The van der Waals surface area contributed by atoms with Crippen LogP contribution in [0.15, 0.2) is 79.8 Å². The Morgan fingerprint density at radius 3 is 2.47 bits per heavy atom. The maximum absolute atomic E-state index is 12.5. The molecule has 0 aliphatic carbocycles. The molecule has 0 saturated carbocycles. The third-order valence-electron chi connectivity index (χ3n) is 5.27. The van der Waals surface area contributed by atoms with Crippen molar-refractivity contribution < 1.29 is 18.3 Å². The fraction of sp³-hybridized carbons (Fsp3) is 0.200. The van der Waals surface area contributed by atoms with Crippen molar-refractivity contribution in [3.05, 3.63) is 79.8 Å². The van der Waals surface area contributed by atoms with Crippen molar-refractivity contribution in [1.82, 2.24) is 24.6 Å². The summed E-state index contributed by atoms with van der Waals surface area (Å²) < 4.78 is 32.5. The first kappa shape index (κ1) is 23.0. The summed E-state index contributed by atoms with van der Waals surface area (Å²) in [6.45, 7) is 2.89. The van der Waals surface area contributed by atoms with Crippen molar-refractivity contribution in [3.63, 3.8) is 0 Å². The minimum atomic E-state index is -2.70. The number of alkyl halides is 2. The summed E-state index contributed by atoms with van der Waals surface area (Å²) in [5.74, 6) is -1.51. The van der Waals surface area contributed by atoms with Gasteiger partial charge in [-0.05, 0) is 42.5 Å². The molecule has 174 valence electrons. The Hall–Kier alpha value is -4.14. The predicted molar refractivity (Wildman–Crippen MR) is 125 cm³/mol. The lowest BCUT2D eigenvalue weighted by atomic mass is 10.1. The molecule has 2 aromatic heterocycles. The summed E-state index contributed by atoms with van der Waals surface area (Å²) in [6.07, 6.45) is 4.15. The highest BCUT2D eigenvalue weighted by atomic mass is 19.3. The van der Waals surface area contributed by atoms with Crippen LogP contribution in [0.1, 0.15) is 6.42 Å². The normalized spacial score (nSPS) is 14.4. The number of fused-ring (bicyclic) bond motifs is 1. The molecule has 1 saturated heterocycles. The zero-order chi connectivity index (χ0) is 24.1. The quantitative estimate of drug-likeness (QED) is 0.404. The third-order valence-corrected chi connectivity index (χ3v) is 5.27. The van der Waals surface area contributed by atoms with E-state index < -0.39 is 18.4 Å². The second-order valence-electron chi connectivity index (χ2n) is 7.74. The number of para-hydroxylation sites is 1.